The van der Waals surface area contributed by atoms with E-state index in [0.717, 1.165) is 35.4 Å². The van der Waals surface area contributed by atoms with Crippen LogP contribution in [0.25, 0.3) is 10.9 Å². The van der Waals surface area contributed by atoms with Gasteiger partial charge in [0.2, 0.25) is 5.91 Å². The summed E-state index contributed by atoms with van der Waals surface area (Å²) in [6.45, 7) is 2.81. The van der Waals surface area contributed by atoms with Crippen molar-refractivity contribution in [2.45, 2.75) is 26.3 Å². The SMILES string of the molecule is Cc1cc2cccc(N)c2n1C(=O)C1CCn2ccnc2C1. The maximum Gasteiger partial charge on any atom is 0.234 e. The number of rotatable bonds is 1. The average molecular weight is 294 g/mol. The summed E-state index contributed by atoms with van der Waals surface area (Å²) in [6.07, 6.45) is 5.31. The van der Waals surface area contributed by atoms with Crippen LogP contribution in [-0.4, -0.2) is 20.0 Å². The predicted octanol–water partition coefficient (Wildman–Crippen LogP) is 2.63. The molecule has 1 atom stereocenters. The lowest BCUT2D eigenvalue weighted by molar-refractivity contribution is 0.0814. The van der Waals surface area contributed by atoms with Gasteiger partial charge in [0.05, 0.1) is 11.2 Å². The molecule has 1 aliphatic heterocycles. The summed E-state index contributed by atoms with van der Waals surface area (Å²) in [7, 11) is 0. The molecule has 0 saturated carbocycles. The van der Waals surface area contributed by atoms with E-state index in [4.69, 9.17) is 5.73 Å². The van der Waals surface area contributed by atoms with Crippen molar-refractivity contribution < 1.29 is 4.79 Å². The highest BCUT2D eigenvalue weighted by Gasteiger charge is 2.28. The zero-order valence-corrected chi connectivity index (χ0v) is 12.5. The minimum absolute atomic E-state index is 0.0381. The van der Waals surface area contributed by atoms with Crippen LogP contribution in [0.1, 0.15) is 22.7 Å². The van der Waals surface area contributed by atoms with Crippen LogP contribution < -0.4 is 5.73 Å². The summed E-state index contributed by atoms with van der Waals surface area (Å²) in [5, 5.41) is 1.02. The van der Waals surface area contributed by atoms with Gasteiger partial charge in [-0.15, -0.1) is 0 Å². The molecule has 4 rings (SSSR count). The molecule has 112 valence electrons. The minimum atomic E-state index is -0.0381. The third kappa shape index (κ3) is 1.85. The van der Waals surface area contributed by atoms with Gasteiger partial charge < -0.3 is 10.3 Å². The van der Waals surface area contributed by atoms with E-state index in [1.165, 1.54) is 0 Å². The van der Waals surface area contributed by atoms with E-state index in [-0.39, 0.29) is 11.8 Å². The second kappa shape index (κ2) is 4.73. The predicted molar refractivity (Wildman–Crippen MR) is 85.8 cm³/mol. The normalized spacial score (nSPS) is 17.6. The first-order valence-electron chi connectivity index (χ1n) is 7.56. The quantitative estimate of drug-likeness (QED) is 0.702. The minimum Gasteiger partial charge on any atom is -0.397 e. The van der Waals surface area contributed by atoms with Gasteiger partial charge in [-0.1, -0.05) is 12.1 Å². The van der Waals surface area contributed by atoms with Crippen molar-refractivity contribution in [3.8, 4) is 0 Å². The molecule has 22 heavy (non-hydrogen) atoms. The highest BCUT2D eigenvalue weighted by atomic mass is 16.2. The number of fused-ring (bicyclic) bond motifs is 2. The van der Waals surface area contributed by atoms with Crippen molar-refractivity contribution in [2.75, 3.05) is 5.73 Å². The third-order valence-electron chi connectivity index (χ3n) is 4.56. The monoisotopic (exact) mass is 294 g/mol. The first-order chi connectivity index (χ1) is 10.6. The fraction of sp³-hybridized carbons (Fsp3) is 0.294. The molecule has 3 aromatic rings. The molecule has 0 radical (unpaired) electrons. The molecule has 2 aromatic heterocycles. The Hall–Kier alpha value is -2.56. The van der Waals surface area contributed by atoms with Crippen LogP contribution in [0.3, 0.4) is 0 Å². The van der Waals surface area contributed by atoms with Crippen LogP contribution in [-0.2, 0) is 13.0 Å². The van der Waals surface area contributed by atoms with Crippen LogP contribution in [0.15, 0.2) is 36.7 Å². The second-order valence-corrected chi connectivity index (χ2v) is 5.97. The molecule has 0 bridgehead atoms. The molecule has 5 nitrogen and oxygen atoms in total. The zero-order valence-electron chi connectivity index (χ0n) is 12.5. The molecule has 2 N–H and O–H groups in total. The molecular formula is C17H18N4O. The van der Waals surface area contributed by atoms with E-state index in [0.29, 0.717) is 12.1 Å². The summed E-state index contributed by atoms with van der Waals surface area (Å²) in [6, 6.07) is 7.78. The summed E-state index contributed by atoms with van der Waals surface area (Å²) < 4.78 is 3.91. The van der Waals surface area contributed by atoms with Crippen LogP contribution in [0.4, 0.5) is 5.69 Å². The second-order valence-electron chi connectivity index (χ2n) is 5.97. The topological polar surface area (TPSA) is 65.8 Å². The lowest BCUT2D eigenvalue weighted by atomic mass is 9.96. The van der Waals surface area contributed by atoms with Crippen LogP contribution in [0, 0.1) is 12.8 Å². The smallest absolute Gasteiger partial charge is 0.234 e. The molecule has 0 spiro atoms. The number of nitrogens with two attached hydrogens (primary N) is 1. The standard InChI is InChI=1S/C17H18N4O/c1-11-9-12-3-2-4-14(18)16(12)21(11)17(22)13-5-7-20-8-6-19-15(20)10-13/h2-4,6,8-9,13H,5,7,10,18H2,1H3. The Kier molecular flexibility index (Phi) is 2.82. The van der Waals surface area contributed by atoms with Gasteiger partial charge in [0.25, 0.3) is 0 Å². The number of aryl methyl sites for hydroxylation is 2. The largest absolute Gasteiger partial charge is 0.397 e. The first-order valence-corrected chi connectivity index (χ1v) is 7.56. The number of carbonyl (C=O) groups is 1. The highest BCUT2D eigenvalue weighted by molar-refractivity contribution is 6.00. The average Bonchev–Trinajstić information content (AvgIpc) is 3.09. The summed E-state index contributed by atoms with van der Waals surface area (Å²) in [4.78, 5) is 17.4. The third-order valence-corrected chi connectivity index (χ3v) is 4.56. The first kappa shape index (κ1) is 13.1. The maximum atomic E-state index is 13.0. The molecular weight excluding hydrogens is 276 g/mol. The molecule has 1 aliphatic rings. The van der Waals surface area contributed by atoms with Crippen LogP contribution >= 0.6 is 0 Å². The fourth-order valence-electron chi connectivity index (χ4n) is 3.45. The number of anilines is 1. The number of hydrogen-bond acceptors (Lipinski definition) is 3. The van der Waals surface area contributed by atoms with Crippen molar-refractivity contribution in [2.24, 2.45) is 5.92 Å². The maximum absolute atomic E-state index is 13.0. The zero-order chi connectivity index (χ0) is 15.3. The van der Waals surface area contributed by atoms with Crippen molar-refractivity contribution >= 4 is 22.5 Å². The van der Waals surface area contributed by atoms with Crippen LogP contribution in [0.2, 0.25) is 0 Å². The number of para-hydroxylation sites is 1. The number of nitrogens with zero attached hydrogens (tertiary/aromatic N) is 3. The summed E-state index contributed by atoms with van der Waals surface area (Å²) in [5.41, 5.74) is 8.53. The molecule has 0 fully saturated rings. The Balaban J connectivity index is 1.76. The number of hydrogen-bond donors (Lipinski definition) is 1. The fourth-order valence-corrected chi connectivity index (χ4v) is 3.45. The summed E-state index contributed by atoms with van der Waals surface area (Å²) >= 11 is 0. The van der Waals surface area contributed by atoms with Gasteiger partial charge >= 0.3 is 0 Å². The Labute approximate surface area is 128 Å². The van der Waals surface area contributed by atoms with Gasteiger partial charge in [0.15, 0.2) is 0 Å². The number of carbonyl (C=O) groups excluding carboxylic acids is 1. The van der Waals surface area contributed by atoms with E-state index in [2.05, 4.69) is 9.55 Å². The van der Waals surface area contributed by atoms with E-state index >= 15 is 0 Å². The van der Waals surface area contributed by atoms with E-state index in [1.54, 1.807) is 10.8 Å². The van der Waals surface area contributed by atoms with Crippen molar-refractivity contribution in [3.05, 3.63) is 48.2 Å². The number of aromatic nitrogens is 3. The van der Waals surface area contributed by atoms with Gasteiger partial charge in [0, 0.05) is 42.4 Å². The van der Waals surface area contributed by atoms with E-state index in [1.807, 2.05) is 37.4 Å². The van der Waals surface area contributed by atoms with Gasteiger partial charge in [0.1, 0.15) is 5.82 Å². The van der Waals surface area contributed by atoms with Crippen LogP contribution in [0.5, 0.6) is 0 Å². The lowest BCUT2D eigenvalue weighted by Crippen LogP contribution is -2.30. The molecule has 0 saturated heterocycles. The van der Waals surface area contributed by atoms with Crippen molar-refractivity contribution in [3.63, 3.8) is 0 Å². The molecule has 0 amide bonds. The lowest BCUT2D eigenvalue weighted by Gasteiger charge is -2.23. The van der Waals surface area contributed by atoms with Gasteiger partial charge in [-0.3, -0.25) is 9.36 Å². The Morgan fingerprint density at radius 2 is 2.27 bits per heavy atom. The van der Waals surface area contributed by atoms with E-state index in [9.17, 15) is 4.79 Å². The molecule has 5 heteroatoms. The summed E-state index contributed by atoms with van der Waals surface area (Å²) in [5.74, 6) is 1.08. The van der Waals surface area contributed by atoms with Crippen molar-refractivity contribution in [1.29, 1.82) is 0 Å². The number of imidazole rings is 1. The molecule has 1 aromatic carbocycles. The Morgan fingerprint density at radius 3 is 3.14 bits per heavy atom. The number of nitrogen functional groups attached to an aromatic ring is 1. The Morgan fingerprint density at radius 1 is 1.41 bits per heavy atom. The molecule has 3 heterocycles. The molecule has 0 aliphatic carbocycles. The van der Waals surface area contributed by atoms with Gasteiger partial charge in [-0.2, -0.15) is 0 Å². The number of benzene rings is 1. The Bertz CT molecular complexity index is 874. The molecule has 1 unspecified atom stereocenters. The van der Waals surface area contributed by atoms with Crippen molar-refractivity contribution in [1.82, 2.24) is 14.1 Å². The van der Waals surface area contributed by atoms with Gasteiger partial charge in [-0.05, 0) is 25.5 Å². The van der Waals surface area contributed by atoms with E-state index < -0.39 is 0 Å². The van der Waals surface area contributed by atoms with Gasteiger partial charge in [-0.25, -0.2) is 4.98 Å². The highest BCUT2D eigenvalue weighted by Crippen LogP contribution is 2.28.